The first-order chi connectivity index (χ1) is 19.1. The standard InChI is InChI=1S/C32H29Cl2NO5/c1-17-6-7-20(12-23(17)31(36)37)21-14-32(38,15-21)25-11-10-22(13-27(25)34)39-16-24-29(35-40-30(24)19-8-9-19)28-18(2)4-3-5-26(28)33/h3-7,10-13,19,21,38H,8-9,14-16H2,1-2H3,(H,36,37)/t21-,32+. The molecule has 0 bridgehead atoms. The van der Waals surface area contributed by atoms with E-state index in [1.165, 1.54) is 0 Å². The Balaban J connectivity index is 1.19. The van der Waals surface area contributed by atoms with Gasteiger partial charge in [0.2, 0.25) is 0 Å². The Labute approximate surface area is 242 Å². The van der Waals surface area contributed by atoms with E-state index in [0.29, 0.717) is 51.4 Å². The molecule has 2 N–H and O–H groups in total. The number of aliphatic hydroxyl groups is 1. The summed E-state index contributed by atoms with van der Waals surface area (Å²) in [5.74, 6) is 0.861. The molecular weight excluding hydrogens is 549 g/mol. The van der Waals surface area contributed by atoms with Crippen LogP contribution >= 0.6 is 23.2 Å². The quantitative estimate of drug-likeness (QED) is 0.219. The molecular formula is C32H29Cl2NO5. The maximum absolute atomic E-state index is 11.5. The van der Waals surface area contributed by atoms with Crippen LogP contribution in [0.2, 0.25) is 10.0 Å². The first kappa shape index (κ1) is 26.9. The average Bonchev–Trinajstić information content (AvgIpc) is 3.66. The van der Waals surface area contributed by atoms with Gasteiger partial charge in [0.05, 0.1) is 26.8 Å². The number of hydrogen-bond donors (Lipinski definition) is 2. The lowest BCUT2D eigenvalue weighted by molar-refractivity contribution is -0.0549. The van der Waals surface area contributed by atoms with E-state index in [4.69, 9.17) is 32.5 Å². The number of hydrogen-bond acceptors (Lipinski definition) is 5. The lowest BCUT2D eigenvalue weighted by atomic mass is 9.64. The van der Waals surface area contributed by atoms with Crippen LogP contribution in [0.25, 0.3) is 11.3 Å². The van der Waals surface area contributed by atoms with Gasteiger partial charge in [-0.1, -0.05) is 58.7 Å². The van der Waals surface area contributed by atoms with Crippen LogP contribution in [-0.2, 0) is 12.2 Å². The molecule has 0 aliphatic heterocycles. The summed E-state index contributed by atoms with van der Waals surface area (Å²) >= 11 is 13.2. The number of aromatic carboxylic acids is 1. The predicted molar refractivity (Wildman–Crippen MR) is 153 cm³/mol. The van der Waals surface area contributed by atoms with Gasteiger partial charge in [0.1, 0.15) is 23.8 Å². The predicted octanol–water partition coefficient (Wildman–Crippen LogP) is 8.19. The van der Waals surface area contributed by atoms with Crippen LogP contribution < -0.4 is 4.74 Å². The summed E-state index contributed by atoms with van der Waals surface area (Å²) in [5, 5.41) is 26.2. The van der Waals surface area contributed by atoms with E-state index in [-0.39, 0.29) is 18.1 Å². The lowest BCUT2D eigenvalue weighted by Gasteiger charge is -2.45. The van der Waals surface area contributed by atoms with E-state index in [1.807, 2.05) is 43.3 Å². The molecule has 0 radical (unpaired) electrons. The van der Waals surface area contributed by atoms with E-state index in [2.05, 4.69) is 5.16 Å². The highest BCUT2D eigenvalue weighted by atomic mass is 35.5. The zero-order chi connectivity index (χ0) is 28.2. The number of ether oxygens (including phenoxy) is 1. The lowest BCUT2D eigenvalue weighted by Crippen LogP contribution is -2.40. The van der Waals surface area contributed by atoms with Gasteiger partial charge in [0.25, 0.3) is 0 Å². The zero-order valence-corrected chi connectivity index (χ0v) is 23.7. The SMILES string of the molecule is Cc1ccc([C@H]2C[C@](O)(c3ccc(OCc4c(-c5c(C)cccc5Cl)noc4C4CC4)cc3Cl)C2)cc1C(=O)O. The maximum atomic E-state index is 11.5. The van der Waals surface area contributed by atoms with Crippen LogP contribution in [0.3, 0.4) is 0 Å². The Morgan fingerprint density at radius 2 is 1.80 bits per heavy atom. The van der Waals surface area contributed by atoms with Gasteiger partial charge in [0.15, 0.2) is 0 Å². The van der Waals surface area contributed by atoms with Crippen molar-refractivity contribution in [2.24, 2.45) is 0 Å². The summed E-state index contributed by atoms with van der Waals surface area (Å²) in [6.07, 6.45) is 3.04. The molecule has 3 aromatic carbocycles. The minimum Gasteiger partial charge on any atom is -0.489 e. The zero-order valence-electron chi connectivity index (χ0n) is 22.2. The highest BCUT2D eigenvalue weighted by Crippen LogP contribution is 2.53. The summed E-state index contributed by atoms with van der Waals surface area (Å²) in [6.45, 7) is 4.02. The van der Waals surface area contributed by atoms with Crippen LogP contribution in [0, 0.1) is 13.8 Å². The van der Waals surface area contributed by atoms with E-state index in [0.717, 1.165) is 40.9 Å². The minimum atomic E-state index is -1.09. The van der Waals surface area contributed by atoms with Crippen molar-refractivity contribution in [3.8, 4) is 17.0 Å². The molecule has 0 atom stereocenters. The first-order valence-electron chi connectivity index (χ1n) is 13.4. The van der Waals surface area contributed by atoms with Gasteiger partial charge in [-0.3, -0.25) is 0 Å². The fraction of sp³-hybridized carbons (Fsp3) is 0.312. The summed E-state index contributed by atoms with van der Waals surface area (Å²) in [7, 11) is 0. The number of benzene rings is 3. The Kier molecular flexibility index (Phi) is 6.89. The van der Waals surface area contributed by atoms with Crippen LogP contribution in [0.5, 0.6) is 5.75 Å². The van der Waals surface area contributed by atoms with Crippen LogP contribution in [-0.4, -0.2) is 21.3 Å². The maximum Gasteiger partial charge on any atom is 0.335 e. The molecule has 2 aliphatic rings. The molecule has 1 heterocycles. The number of rotatable bonds is 8. The van der Waals surface area contributed by atoms with E-state index in [9.17, 15) is 15.0 Å². The molecule has 6 rings (SSSR count). The van der Waals surface area contributed by atoms with Crippen molar-refractivity contribution < 1.29 is 24.3 Å². The third-order valence-electron chi connectivity index (χ3n) is 8.18. The summed E-state index contributed by atoms with van der Waals surface area (Å²) in [4.78, 5) is 11.5. The molecule has 0 amide bonds. The van der Waals surface area contributed by atoms with Crippen molar-refractivity contribution in [2.75, 3.05) is 0 Å². The molecule has 2 aliphatic carbocycles. The molecule has 0 saturated heterocycles. The molecule has 2 saturated carbocycles. The second-order valence-corrected chi connectivity index (χ2v) is 11.8. The molecule has 8 heteroatoms. The fourth-order valence-electron chi connectivity index (χ4n) is 5.71. The molecule has 0 spiro atoms. The smallest absolute Gasteiger partial charge is 0.335 e. The van der Waals surface area contributed by atoms with Gasteiger partial charge in [-0.15, -0.1) is 0 Å². The summed E-state index contributed by atoms with van der Waals surface area (Å²) in [6, 6.07) is 16.6. The number of aromatic nitrogens is 1. The summed E-state index contributed by atoms with van der Waals surface area (Å²) < 4.78 is 12.0. The van der Waals surface area contributed by atoms with Crippen molar-refractivity contribution in [1.29, 1.82) is 0 Å². The summed E-state index contributed by atoms with van der Waals surface area (Å²) in [5.41, 5.74) is 4.91. The number of carbonyl (C=O) groups is 1. The number of carboxylic acids is 1. The molecule has 0 unspecified atom stereocenters. The van der Waals surface area contributed by atoms with E-state index < -0.39 is 11.6 Å². The number of aryl methyl sites for hydroxylation is 2. The second-order valence-electron chi connectivity index (χ2n) is 11.0. The van der Waals surface area contributed by atoms with Gasteiger partial charge in [0, 0.05) is 17.0 Å². The van der Waals surface area contributed by atoms with Crippen molar-refractivity contribution in [1.82, 2.24) is 5.16 Å². The number of carboxylic acid groups (broad SMARTS) is 1. The molecule has 40 heavy (non-hydrogen) atoms. The van der Waals surface area contributed by atoms with Crippen LogP contribution in [0.15, 0.2) is 59.1 Å². The first-order valence-corrected chi connectivity index (χ1v) is 14.1. The fourth-order valence-corrected chi connectivity index (χ4v) is 6.37. The third kappa shape index (κ3) is 4.89. The molecule has 6 nitrogen and oxygen atoms in total. The van der Waals surface area contributed by atoms with Gasteiger partial charge in [-0.25, -0.2) is 4.79 Å². The Morgan fingerprint density at radius 3 is 2.48 bits per heavy atom. The topological polar surface area (TPSA) is 92.8 Å². The number of halogens is 2. The average molecular weight is 578 g/mol. The molecule has 2 fully saturated rings. The molecule has 206 valence electrons. The minimum absolute atomic E-state index is 0.0526. The Bertz CT molecular complexity index is 1600. The van der Waals surface area contributed by atoms with Crippen LogP contribution in [0.4, 0.5) is 0 Å². The van der Waals surface area contributed by atoms with Gasteiger partial charge >= 0.3 is 5.97 Å². The highest BCUT2D eigenvalue weighted by molar-refractivity contribution is 6.33. The van der Waals surface area contributed by atoms with Crippen molar-refractivity contribution in [3.05, 3.63) is 104 Å². The van der Waals surface area contributed by atoms with Crippen LogP contribution in [0.1, 0.15) is 81.5 Å². The number of nitrogens with zero attached hydrogens (tertiary/aromatic N) is 1. The van der Waals surface area contributed by atoms with E-state index in [1.54, 1.807) is 25.1 Å². The van der Waals surface area contributed by atoms with Crippen molar-refractivity contribution in [2.45, 2.75) is 63.6 Å². The van der Waals surface area contributed by atoms with E-state index >= 15 is 0 Å². The molecule has 4 aromatic rings. The molecule has 1 aromatic heterocycles. The second kappa shape index (κ2) is 10.3. The normalized spacial score (nSPS) is 20.3. The third-order valence-corrected chi connectivity index (χ3v) is 8.81. The highest BCUT2D eigenvalue weighted by Gasteiger charge is 2.46. The van der Waals surface area contributed by atoms with Gasteiger partial charge in [-0.2, -0.15) is 0 Å². The van der Waals surface area contributed by atoms with Crippen molar-refractivity contribution in [3.63, 3.8) is 0 Å². The van der Waals surface area contributed by atoms with Gasteiger partial charge < -0.3 is 19.5 Å². The van der Waals surface area contributed by atoms with Crippen molar-refractivity contribution >= 4 is 29.2 Å². The Morgan fingerprint density at radius 1 is 1.02 bits per heavy atom. The Hall–Kier alpha value is -3.32. The van der Waals surface area contributed by atoms with Gasteiger partial charge in [-0.05, 0) is 86.4 Å². The monoisotopic (exact) mass is 577 g/mol. The largest absolute Gasteiger partial charge is 0.489 e.